The number of aromatic nitrogens is 2. The van der Waals surface area contributed by atoms with E-state index >= 15 is 0 Å². The summed E-state index contributed by atoms with van der Waals surface area (Å²) in [6.45, 7) is 4.13. The van der Waals surface area contributed by atoms with Crippen LogP contribution in [0.5, 0.6) is 0 Å². The van der Waals surface area contributed by atoms with Gasteiger partial charge in [-0.2, -0.15) is 5.10 Å². The summed E-state index contributed by atoms with van der Waals surface area (Å²) >= 11 is 3.35. The highest BCUT2D eigenvalue weighted by Crippen LogP contribution is 2.18. The third-order valence-electron chi connectivity index (χ3n) is 3.09. The lowest BCUT2D eigenvalue weighted by Crippen LogP contribution is -2.10. The maximum absolute atomic E-state index is 12.2. The van der Waals surface area contributed by atoms with E-state index in [0.717, 1.165) is 10.0 Å². The summed E-state index contributed by atoms with van der Waals surface area (Å²) in [5.41, 5.74) is 4.11. The number of hydrogen-bond donors (Lipinski definition) is 0. The molecule has 1 aromatic heterocycles. The fourth-order valence-corrected chi connectivity index (χ4v) is 2.48. The lowest BCUT2D eigenvalue weighted by molar-refractivity contribution is 0.0983. The molecule has 0 saturated carbocycles. The smallest absolute Gasteiger partial charge is 0.186 e. The van der Waals surface area contributed by atoms with Gasteiger partial charge in [0.1, 0.15) is 5.69 Å². The zero-order valence-electron chi connectivity index (χ0n) is 10.7. The molecule has 1 aromatic carbocycles. The molecule has 1 heterocycles. The number of aryl methyl sites for hydroxylation is 3. The van der Waals surface area contributed by atoms with Crippen molar-refractivity contribution in [3.63, 3.8) is 0 Å². The van der Waals surface area contributed by atoms with Gasteiger partial charge in [-0.05, 0) is 46.5 Å². The monoisotopic (exact) mass is 306 g/mol. The Bertz CT molecular complexity index is 582. The predicted molar refractivity (Wildman–Crippen MR) is 74.9 cm³/mol. The molecule has 0 fully saturated rings. The quantitative estimate of drug-likeness (QED) is 0.816. The third-order valence-corrected chi connectivity index (χ3v) is 3.67. The van der Waals surface area contributed by atoms with Crippen molar-refractivity contribution in [1.29, 1.82) is 0 Å². The second kappa shape index (κ2) is 5.06. The van der Waals surface area contributed by atoms with Crippen LogP contribution in [0, 0.1) is 13.8 Å². The molecule has 0 radical (unpaired) electrons. The van der Waals surface area contributed by atoms with Crippen molar-refractivity contribution in [2.45, 2.75) is 20.3 Å². The van der Waals surface area contributed by atoms with Crippen LogP contribution in [0.25, 0.3) is 0 Å². The molecule has 94 valence electrons. The van der Waals surface area contributed by atoms with Gasteiger partial charge < -0.3 is 0 Å². The molecule has 0 saturated heterocycles. The minimum atomic E-state index is 0.0742. The summed E-state index contributed by atoms with van der Waals surface area (Å²) in [6, 6.07) is 6.12. The summed E-state index contributed by atoms with van der Waals surface area (Å²) in [5.74, 6) is 0.0742. The highest BCUT2D eigenvalue weighted by atomic mass is 79.9. The van der Waals surface area contributed by atoms with Crippen LogP contribution < -0.4 is 0 Å². The SMILES string of the molecule is Cc1ccc(CC(=O)c2c(Br)cnn2C)cc1C. The third kappa shape index (κ3) is 2.53. The summed E-state index contributed by atoms with van der Waals surface area (Å²) in [4.78, 5) is 12.2. The zero-order valence-corrected chi connectivity index (χ0v) is 12.3. The first-order valence-corrected chi connectivity index (χ1v) is 6.55. The van der Waals surface area contributed by atoms with Crippen LogP contribution in [-0.2, 0) is 13.5 Å². The van der Waals surface area contributed by atoms with Gasteiger partial charge in [0.15, 0.2) is 5.78 Å². The highest BCUT2D eigenvalue weighted by Gasteiger charge is 2.15. The molecule has 0 spiro atoms. The van der Waals surface area contributed by atoms with E-state index in [0.29, 0.717) is 12.1 Å². The number of rotatable bonds is 3. The van der Waals surface area contributed by atoms with Gasteiger partial charge in [-0.15, -0.1) is 0 Å². The van der Waals surface area contributed by atoms with Gasteiger partial charge in [0.05, 0.1) is 10.7 Å². The van der Waals surface area contributed by atoms with Crippen molar-refractivity contribution in [2.75, 3.05) is 0 Å². The van der Waals surface area contributed by atoms with Gasteiger partial charge in [-0.25, -0.2) is 0 Å². The maximum Gasteiger partial charge on any atom is 0.186 e. The van der Waals surface area contributed by atoms with E-state index in [9.17, 15) is 4.79 Å². The maximum atomic E-state index is 12.2. The van der Waals surface area contributed by atoms with Gasteiger partial charge in [0, 0.05) is 13.5 Å². The van der Waals surface area contributed by atoms with Crippen molar-refractivity contribution in [2.24, 2.45) is 7.05 Å². The number of benzene rings is 1. The molecule has 0 aliphatic carbocycles. The summed E-state index contributed by atoms with van der Waals surface area (Å²) in [6.07, 6.45) is 2.05. The Labute approximate surface area is 115 Å². The van der Waals surface area contributed by atoms with Crippen LogP contribution in [-0.4, -0.2) is 15.6 Å². The topological polar surface area (TPSA) is 34.9 Å². The number of Topliss-reactive ketones (excluding diaryl/α,β-unsaturated/α-hetero) is 1. The molecule has 4 heteroatoms. The van der Waals surface area contributed by atoms with Gasteiger partial charge >= 0.3 is 0 Å². The van der Waals surface area contributed by atoms with E-state index in [1.165, 1.54) is 11.1 Å². The average molecular weight is 307 g/mol. The first-order chi connectivity index (χ1) is 8.49. The van der Waals surface area contributed by atoms with Crippen molar-refractivity contribution in [3.05, 3.63) is 51.3 Å². The number of carbonyl (C=O) groups excluding carboxylic acids is 1. The van der Waals surface area contributed by atoms with Gasteiger partial charge in [-0.1, -0.05) is 18.2 Å². The Morgan fingerprint density at radius 1 is 1.33 bits per heavy atom. The first kappa shape index (κ1) is 13.0. The second-order valence-corrected chi connectivity index (χ2v) is 5.34. The molecule has 0 N–H and O–H groups in total. The van der Waals surface area contributed by atoms with Crippen LogP contribution >= 0.6 is 15.9 Å². The van der Waals surface area contributed by atoms with Gasteiger partial charge in [0.2, 0.25) is 0 Å². The molecule has 0 bridgehead atoms. The van der Waals surface area contributed by atoms with E-state index in [4.69, 9.17) is 0 Å². The molecule has 18 heavy (non-hydrogen) atoms. The number of halogens is 1. The van der Waals surface area contributed by atoms with Crippen LogP contribution in [0.15, 0.2) is 28.9 Å². The first-order valence-electron chi connectivity index (χ1n) is 5.76. The van der Waals surface area contributed by atoms with E-state index in [1.807, 2.05) is 6.07 Å². The van der Waals surface area contributed by atoms with Crippen LogP contribution in [0.3, 0.4) is 0 Å². The number of nitrogens with zero attached hydrogens (tertiary/aromatic N) is 2. The zero-order chi connectivity index (χ0) is 13.3. The molecule has 0 aliphatic heterocycles. The Hall–Kier alpha value is -1.42. The Morgan fingerprint density at radius 3 is 2.61 bits per heavy atom. The lowest BCUT2D eigenvalue weighted by atomic mass is 10.0. The molecule has 0 amide bonds. The molecule has 0 unspecified atom stereocenters. The Morgan fingerprint density at radius 2 is 2.06 bits per heavy atom. The highest BCUT2D eigenvalue weighted by molar-refractivity contribution is 9.10. The van der Waals surface area contributed by atoms with Crippen molar-refractivity contribution < 1.29 is 4.79 Å². The number of hydrogen-bond acceptors (Lipinski definition) is 2. The molecule has 2 aromatic rings. The minimum Gasteiger partial charge on any atom is -0.292 e. The van der Waals surface area contributed by atoms with Crippen molar-refractivity contribution in [3.8, 4) is 0 Å². The van der Waals surface area contributed by atoms with E-state index in [-0.39, 0.29) is 5.78 Å². The normalized spacial score (nSPS) is 10.7. The molecule has 2 rings (SSSR count). The molecule has 0 atom stereocenters. The summed E-state index contributed by atoms with van der Waals surface area (Å²) < 4.78 is 2.35. The number of ketones is 1. The van der Waals surface area contributed by atoms with Crippen molar-refractivity contribution >= 4 is 21.7 Å². The van der Waals surface area contributed by atoms with E-state index < -0.39 is 0 Å². The molecule has 3 nitrogen and oxygen atoms in total. The molecular weight excluding hydrogens is 292 g/mol. The Balaban J connectivity index is 2.24. The van der Waals surface area contributed by atoms with Crippen molar-refractivity contribution in [1.82, 2.24) is 9.78 Å². The standard InChI is InChI=1S/C14H15BrN2O/c1-9-4-5-11(6-10(9)2)7-13(18)14-12(15)8-16-17(14)3/h4-6,8H,7H2,1-3H3. The van der Waals surface area contributed by atoms with Gasteiger partial charge in [-0.3, -0.25) is 9.48 Å². The van der Waals surface area contributed by atoms with Crippen LogP contribution in [0.2, 0.25) is 0 Å². The largest absolute Gasteiger partial charge is 0.292 e. The fraction of sp³-hybridized carbons (Fsp3) is 0.286. The van der Waals surface area contributed by atoms with E-state index in [2.05, 4.69) is 47.0 Å². The second-order valence-electron chi connectivity index (χ2n) is 4.48. The van der Waals surface area contributed by atoms with Crippen LogP contribution in [0.4, 0.5) is 0 Å². The lowest BCUT2D eigenvalue weighted by Gasteiger charge is -2.05. The average Bonchev–Trinajstić information content (AvgIpc) is 2.64. The number of carbonyl (C=O) groups is 1. The van der Waals surface area contributed by atoms with Gasteiger partial charge in [0.25, 0.3) is 0 Å². The summed E-state index contributed by atoms with van der Waals surface area (Å²) in [5, 5.41) is 4.06. The Kier molecular flexibility index (Phi) is 3.66. The minimum absolute atomic E-state index is 0.0742. The summed E-state index contributed by atoms with van der Waals surface area (Å²) in [7, 11) is 1.78. The van der Waals surface area contributed by atoms with Crippen LogP contribution in [0.1, 0.15) is 27.2 Å². The molecular formula is C14H15BrN2O. The molecule has 0 aliphatic rings. The predicted octanol–water partition coefficient (Wildman–Crippen LogP) is 3.22. The fourth-order valence-electron chi connectivity index (χ4n) is 1.91. The van der Waals surface area contributed by atoms with E-state index in [1.54, 1.807) is 17.9 Å².